The molecule has 1 amide bonds. The number of rotatable bonds is 5. The van der Waals surface area contributed by atoms with E-state index < -0.39 is 5.97 Å². The van der Waals surface area contributed by atoms with Crippen LogP contribution in [0.5, 0.6) is 0 Å². The van der Waals surface area contributed by atoms with Crippen molar-refractivity contribution in [2.75, 3.05) is 12.4 Å². The van der Waals surface area contributed by atoms with Crippen LogP contribution in [-0.4, -0.2) is 19.0 Å². The van der Waals surface area contributed by atoms with E-state index in [0.29, 0.717) is 18.5 Å². The summed E-state index contributed by atoms with van der Waals surface area (Å²) in [5.74, 6) is -0.660. The number of aryl methyl sites for hydroxylation is 1. The lowest BCUT2D eigenvalue weighted by Gasteiger charge is -2.08. The number of nitrogens with one attached hydrogen (secondary N) is 1. The first kappa shape index (κ1) is 16.0. The van der Waals surface area contributed by atoms with Crippen LogP contribution in [0.2, 0.25) is 5.02 Å². The lowest BCUT2D eigenvalue weighted by atomic mass is 10.1. The molecule has 22 heavy (non-hydrogen) atoms. The van der Waals surface area contributed by atoms with E-state index in [9.17, 15) is 9.59 Å². The highest BCUT2D eigenvalue weighted by Crippen LogP contribution is 2.21. The number of benzene rings is 2. The zero-order chi connectivity index (χ0) is 15.9. The van der Waals surface area contributed by atoms with Gasteiger partial charge in [-0.05, 0) is 30.2 Å². The largest absolute Gasteiger partial charge is 0.465 e. The van der Waals surface area contributed by atoms with Crippen LogP contribution in [-0.2, 0) is 16.0 Å². The van der Waals surface area contributed by atoms with Crippen molar-refractivity contribution in [3.05, 3.63) is 64.7 Å². The summed E-state index contributed by atoms with van der Waals surface area (Å²) in [6.07, 6.45) is 1.02. The molecule has 2 aromatic rings. The summed E-state index contributed by atoms with van der Waals surface area (Å²) in [4.78, 5) is 23.5. The Balaban J connectivity index is 1.98. The molecule has 5 heteroatoms. The van der Waals surface area contributed by atoms with Gasteiger partial charge in [0.1, 0.15) is 0 Å². The summed E-state index contributed by atoms with van der Waals surface area (Å²) in [6, 6.07) is 14.5. The van der Waals surface area contributed by atoms with Crippen LogP contribution in [0.1, 0.15) is 22.3 Å². The number of hydrogen-bond acceptors (Lipinski definition) is 3. The van der Waals surface area contributed by atoms with Gasteiger partial charge in [0.15, 0.2) is 0 Å². The molecule has 0 fully saturated rings. The normalized spacial score (nSPS) is 10.1. The second-order valence-corrected chi connectivity index (χ2v) is 5.13. The number of carbonyl (C=O) groups is 2. The van der Waals surface area contributed by atoms with Gasteiger partial charge in [0.05, 0.1) is 17.7 Å². The highest BCUT2D eigenvalue weighted by atomic mass is 35.5. The van der Waals surface area contributed by atoms with Gasteiger partial charge in [-0.3, -0.25) is 4.79 Å². The Labute approximate surface area is 134 Å². The van der Waals surface area contributed by atoms with E-state index in [1.165, 1.54) is 13.2 Å². The minimum Gasteiger partial charge on any atom is -0.465 e. The summed E-state index contributed by atoms with van der Waals surface area (Å²) in [6.45, 7) is 0. The molecule has 0 bridgehead atoms. The fourth-order valence-corrected chi connectivity index (χ4v) is 2.19. The van der Waals surface area contributed by atoms with Crippen LogP contribution < -0.4 is 5.32 Å². The van der Waals surface area contributed by atoms with E-state index in [-0.39, 0.29) is 16.5 Å². The zero-order valence-electron chi connectivity index (χ0n) is 12.1. The van der Waals surface area contributed by atoms with Gasteiger partial charge in [-0.25, -0.2) is 4.79 Å². The fourth-order valence-electron chi connectivity index (χ4n) is 2.00. The molecule has 0 aromatic heterocycles. The topological polar surface area (TPSA) is 55.4 Å². The molecule has 0 radical (unpaired) electrons. The third-order valence-corrected chi connectivity index (χ3v) is 3.47. The molecule has 0 atom stereocenters. The average Bonchev–Trinajstić information content (AvgIpc) is 2.55. The van der Waals surface area contributed by atoms with Gasteiger partial charge in [0.25, 0.3) is 0 Å². The van der Waals surface area contributed by atoms with Crippen molar-refractivity contribution in [3.63, 3.8) is 0 Å². The molecule has 4 nitrogen and oxygen atoms in total. The number of ether oxygens (including phenoxy) is 1. The molecular formula is C17H16ClNO3. The predicted octanol–water partition coefficient (Wildman–Crippen LogP) is 3.70. The number of anilines is 1. The maximum absolute atomic E-state index is 12.0. The third kappa shape index (κ3) is 4.33. The Kier molecular flexibility index (Phi) is 5.55. The number of carbonyl (C=O) groups excluding carboxylic acids is 2. The van der Waals surface area contributed by atoms with E-state index in [1.807, 2.05) is 30.3 Å². The van der Waals surface area contributed by atoms with Gasteiger partial charge in [-0.2, -0.15) is 0 Å². The molecular weight excluding hydrogens is 302 g/mol. The van der Waals surface area contributed by atoms with Crippen molar-refractivity contribution in [2.24, 2.45) is 0 Å². The van der Waals surface area contributed by atoms with Crippen molar-refractivity contribution in [1.29, 1.82) is 0 Å². The number of halogens is 1. The van der Waals surface area contributed by atoms with Gasteiger partial charge >= 0.3 is 5.97 Å². The SMILES string of the molecule is COC(=O)c1cc(NC(=O)CCc2ccccc2)ccc1Cl. The van der Waals surface area contributed by atoms with Crippen molar-refractivity contribution < 1.29 is 14.3 Å². The maximum atomic E-state index is 12.0. The number of amides is 1. The summed E-state index contributed by atoms with van der Waals surface area (Å²) >= 11 is 5.93. The summed E-state index contributed by atoms with van der Waals surface area (Å²) in [7, 11) is 1.28. The predicted molar refractivity (Wildman–Crippen MR) is 86.2 cm³/mol. The third-order valence-electron chi connectivity index (χ3n) is 3.14. The average molecular weight is 318 g/mol. The highest BCUT2D eigenvalue weighted by Gasteiger charge is 2.12. The lowest BCUT2D eigenvalue weighted by Crippen LogP contribution is -2.13. The molecule has 0 spiro atoms. The van der Waals surface area contributed by atoms with Crippen molar-refractivity contribution in [2.45, 2.75) is 12.8 Å². The van der Waals surface area contributed by atoms with Crippen LogP contribution >= 0.6 is 11.6 Å². The number of esters is 1. The molecule has 0 aliphatic rings. The van der Waals surface area contributed by atoms with E-state index in [1.54, 1.807) is 12.1 Å². The molecule has 0 aliphatic heterocycles. The highest BCUT2D eigenvalue weighted by molar-refractivity contribution is 6.33. The summed E-state index contributed by atoms with van der Waals surface area (Å²) < 4.78 is 4.65. The van der Waals surface area contributed by atoms with E-state index in [4.69, 9.17) is 11.6 Å². The maximum Gasteiger partial charge on any atom is 0.339 e. The Morgan fingerprint density at radius 3 is 2.55 bits per heavy atom. The van der Waals surface area contributed by atoms with Gasteiger partial charge in [0.2, 0.25) is 5.91 Å². The molecule has 2 rings (SSSR count). The monoisotopic (exact) mass is 317 g/mol. The Morgan fingerprint density at radius 1 is 1.14 bits per heavy atom. The first-order valence-electron chi connectivity index (χ1n) is 6.82. The van der Waals surface area contributed by atoms with E-state index in [0.717, 1.165) is 5.56 Å². The first-order valence-corrected chi connectivity index (χ1v) is 7.19. The second-order valence-electron chi connectivity index (χ2n) is 4.72. The molecule has 114 valence electrons. The molecule has 2 aromatic carbocycles. The quantitative estimate of drug-likeness (QED) is 0.855. The summed E-state index contributed by atoms with van der Waals surface area (Å²) in [5.41, 5.74) is 1.84. The van der Waals surface area contributed by atoms with Crippen molar-refractivity contribution in [1.82, 2.24) is 0 Å². The Morgan fingerprint density at radius 2 is 1.86 bits per heavy atom. The fraction of sp³-hybridized carbons (Fsp3) is 0.176. The Hall–Kier alpha value is -2.33. The zero-order valence-corrected chi connectivity index (χ0v) is 12.9. The number of methoxy groups -OCH3 is 1. The van der Waals surface area contributed by atoms with Crippen LogP contribution in [0.3, 0.4) is 0 Å². The van der Waals surface area contributed by atoms with Crippen molar-refractivity contribution in [3.8, 4) is 0 Å². The van der Waals surface area contributed by atoms with Gasteiger partial charge < -0.3 is 10.1 Å². The van der Waals surface area contributed by atoms with Gasteiger partial charge in [-0.15, -0.1) is 0 Å². The Bertz CT molecular complexity index is 671. The summed E-state index contributed by atoms with van der Waals surface area (Å²) in [5, 5.41) is 3.04. The van der Waals surface area contributed by atoms with Gasteiger partial charge in [-0.1, -0.05) is 41.9 Å². The molecule has 0 unspecified atom stereocenters. The van der Waals surface area contributed by atoms with E-state index in [2.05, 4.69) is 10.1 Å². The first-order chi connectivity index (χ1) is 10.6. The van der Waals surface area contributed by atoms with Crippen molar-refractivity contribution >= 4 is 29.2 Å². The van der Waals surface area contributed by atoms with Crippen LogP contribution in [0.4, 0.5) is 5.69 Å². The van der Waals surface area contributed by atoms with E-state index >= 15 is 0 Å². The molecule has 0 saturated carbocycles. The van der Waals surface area contributed by atoms with Gasteiger partial charge in [0, 0.05) is 12.1 Å². The van der Waals surface area contributed by atoms with Crippen LogP contribution in [0, 0.1) is 0 Å². The standard InChI is InChI=1S/C17H16ClNO3/c1-22-17(21)14-11-13(8-9-15(14)18)19-16(20)10-7-12-5-3-2-4-6-12/h2-6,8-9,11H,7,10H2,1H3,(H,19,20). The van der Waals surface area contributed by atoms with Crippen LogP contribution in [0.15, 0.2) is 48.5 Å². The smallest absolute Gasteiger partial charge is 0.339 e. The minimum atomic E-state index is -0.537. The molecule has 0 saturated heterocycles. The minimum absolute atomic E-state index is 0.123. The van der Waals surface area contributed by atoms with Crippen LogP contribution in [0.25, 0.3) is 0 Å². The molecule has 0 aliphatic carbocycles. The second kappa shape index (κ2) is 7.61. The number of hydrogen-bond donors (Lipinski definition) is 1. The molecule has 0 heterocycles. The molecule has 1 N–H and O–H groups in total. The lowest BCUT2D eigenvalue weighted by molar-refractivity contribution is -0.116.